The third-order valence-corrected chi connectivity index (χ3v) is 8.37. The van der Waals surface area contributed by atoms with Gasteiger partial charge in [-0.05, 0) is 29.3 Å². The topological polar surface area (TPSA) is 70.2 Å². The van der Waals surface area contributed by atoms with Crippen LogP contribution in [0.15, 0.2) is 78.9 Å². The molecule has 3 aromatic carbocycles. The molecule has 1 unspecified atom stereocenters. The van der Waals surface area contributed by atoms with E-state index in [0.29, 0.717) is 42.6 Å². The Morgan fingerprint density at radius 1 is 0.892 bits per heavy atom. The molecule has 2 aliphatic rings. The first kappa shape index (κ1) is 25.6. The van der Waals surface area contributed by atoms with Crippen LogP contribution >= 0.6 is 11.6 Å². The summed E-state index contributed by atoms with van der Waals surface area (Å²) >= 11 is 6.14. The summed E-state index contributed by atoms with van der Waals surface area (Å²) in [6, 6.07) is 25.8. The van der Waals surface area contributed by atoms with Crippen LogP contribution in [0, 0.1) is 0 Å². The van der Waals surface area contributed by atoms with Crippen molar-refractivity contribution in [2.45, 2.75) is 18.6 Å². The van der Waals surface area contributed by atoms with Crippen LogP contribution in [0.1, 0.15) is 23.6 Å². The smallest absolute Gasteiger partial charge is 0.263 e. The van der Waals surface area contributed by atoms with E-state index in [0.717, 1.165) is 6.26 Å². The molecule has 7 nitrogen and oxygen atoms in total. The van der Waals surface area contributed by atoms with E-state index in [1.165, 1.54) is 15.4 Å². The summed E-state index contributed by atoms with van der Waals surface area (Å²) in [5.41, 5.74) is 2.80. The minimum atomic E-state index is -3.56. The highest BCUT2D eigenvalue weighted by Gasteiger charge is 2.35. The van der Waals surface area contributed by atoms with Crippen molar-refractivity contribution in [1.82, 2.24) is 9.80 Å². The Labute approximate surface area is 223 Å². The molecule has 0 spiro atoms. The van der Waals surface area contributed by atoms with Gasteiger partial charge in [0.15, 0.2) is 6.10 Å². The number of carbonyl (C=O) groups excluding carboxylic acids is 1. The first-order valence-electron chi connectivity index (χ1n) is 12.4. The van der Waals surface area contributed by atoms with Crippen molar-refractivity contribution in [2.24, 2.45) is 0 Å². The molecule has 1 amide bonds. The number of fused-ring (bicyclic) bond motifs is 1. The van der Waals surface area contributed by atoms with Gasteiger partial charge in [-0.15, -0.1) is 0 Å². The molecule has 0 bridgehead atoms. The summed E-state index contributed by atoms with van der Waals surface area (Å²) < 4.78 is 32.3. The number of nitrogens with zero attached hydrogens (tertiary/aromatic N) is 3. The Kier molecular flexibility index (Phi) is 7.42. The van der Waals surface area contributed by atoms with Crippen molar-refractivity contribution in [3.8, 4) is 5.75 Å². The summed E-state index contributed by atoms with van der Waals surface area (Å²) in [7, 11) is -3.56. The SMILES string of the molecule is CS(=O)(=O)N1CCC(C(=O)N2CCN(C(c3ccccc3)c3ccccc3)CC2)Oc2ccc(Cl)cc21. The summed E-state index contributed by atoms with van der Waals surface area (Å²) in [5.74, 6) is 0.226. The van der Waals surface area contributed by atoms with E-state index in [-0.39, 0.29) is 24.9 Å². The molecule has 37 heavy (non-hydrogen) atoms. The van der Waals surface area contributed by atoms with Gasteiger partial charge in [-0.1, -0.05) is 72.3 Å². The van der Waals surface area contributed by atoms with Crippen LogP contribution in [0.25, 0.3) is 0 Å². The van der Waals surface area contributed by atoms with Crippen molar-refractivity contribution in [3.63, 3.8) is 0 Å². The highest BCUT2D eigenvalue weighted by molar-refractivity contribution is 7.92. The van der Waals surface area contributed by atoms with Gasteiger partial charge in [0.2, 0.25) is 10.0 Å². The van der Waals surface area contributed by atoms with Crippen molar-refractivity contribution in [3.05, 3.63) is 95.0 Å². The van der Waals surface area contributed by atoms with Gasteiger partial charge in [-0.25, -0.2) is 8.42 Å². The van der Waals surface area contributed by atoms with Gasteiger partial charge >= 0.3 is 0 Å². The number of piperazine rings is 1. The van der Waals surface area contributed by atoms with Gasteiger partial charge in [-0.3, -0.25) is 14.0 Å². The maximum absolute atomic E-state index is 13.5. The molecule has 194 valence electrons. The Morgan fingerprint density at radius 3 is 2.05 bits per heavy atom. The quantitative estimate of drug-likeness (QED) is 0.486. The highest BCUT2D eigenvalue weighted by Crippen LogP contribution is 2.37. The first-order valence-corrected chi connectivity index (χ1v) is 14.6. The zero-order chi connectivity index (χ0) is 26.0. The van der Waals surface area contributed by atoms with E-state index in [1.54, 1.807) is 18.2 Å². The van der Waals surface area contributed by atoms with Crippen molar-refractivity contribution >= 4 is 33.2 Å². The van der Waals surface area contributed by atoms with Gasteiger partial charge in [0, 0.05) is 44.2 Å². The van der Waals surface area contributed by atoms with Gasteiger partial charge in [-0.2, -0.15) is 0 Å². The predicted molar refractivity (Wildman–Crippen MR) is 146 cm³/mol. The molecule has 1 saturated heterocycles. The highest BCUT2D eigenvalue weighted by atomic mass is 35.5. The van der Waals surface area contributed by atoms with E-state index < -0.39 is 16.1 Å². The van der Waals surface area contributed by atoms with Gasteiger partial charge in [0.05, 0.1) is 18.0 Å². The zero-order valence-electron chi connectivity index (χ0n) is 20.7. The number of ether oxygens (including phenoxy) is 1. The monoisotopic (exact) mass is 539 g/mol. The van der Waals surface area contributed by atoms with Crippen LogP contribution in [-0.2, 0) is 14.8 Å². The zero-order valence-corrected chi connectivity index (χ0v) is 22.2. The standard InChI is InChI=1S/C28H30ClN3O4S/c1-37(34,35)32-15-14-26(36-25-13-12-23(29)20-24(25)32)28(33)31-18-16-30(17-19-31)27(21-8-4-2-5-9-21)22-10-6-3-7-11-22/h2-13,20,26-27H,14-19H2,1H3. The second-order valence-electron chi connectivity index (χ2n) is 9.43. The Hall–Kier alpha value is -3.07. The van der Waals surface area contributed by atoms with Crippen LogP contribution in [0.2, 0.25) is 5.02 Å². The lowest BCUT2D eigenvalue weighted by Gasteiger charge is -2.40. The van der Waals surface area contributed by atoms with Crippen LogP contribution in [0.4, 0.5) is 5.69 Å². The average molecular weight is 540 g/mol. The molecule has 0 N–H and O–H groups in total. The average Bonchev–Trinajstić information content (AvgIpc) is 3.10. The van der Waals surface area contributed by atoms with Crippen molar-refractivity contribution < 1.29 is 17.9 Å². The van der Waals surface area contributed by atoms with Crippen molar-refractivity contribution in [2.75, 3.05) is 43.3 Å². The minimum Gasteiger partial charge on any atom is -0.478 e. The van der Waals surface area contributed by atoms with Crippen LogP contribution in [0.3, 0.4) is 0 Å². The lowest BCUT2D eigenvalue weighted by atomic mass is 9.96. The fraction of sp³-hybridized carbons (Fsp3) is 0.321. The molecule has 5 rings (SSSR count). The van der Waals surface area contributed by atoms with Crippen molar-refractivity contribution in [1.29, 1.82) is 0 Å². The van der Waals surface area contributed by atoms with Crippen LogP contribution in [0.5, 0.6) is 5.75 Å². The number of rotatable bonds is 5. The number of hydrogen-bond acceptors (Lipinski definition) is 5. The van der Waals surface area contributed by atoms with Crippen LogP contribution in [-0.4, -0.2) is 69.2 Å². The molecule has 0 aliphatic carbocycles. The lowest BCUT2D eigenvalue weighted by Crippen LogP contribution is -2.53. The first-order chi connectivity index (χ1) is 17.8. The third kappa shape index (κ3) is 5.61. The molecule has 9 heteroatoms. The molecule has 2 aliphatic heterocycles. The summed E-state index contributed by atoms with van der Waals surface area (Å²) in [4.78, 5) is 17.8. The van der Waals surface area contributed by atoms with Gasteiger partial charge in [0.1, 0.15) is 5.75 Å². The number of sulfonamides is 1. The predicted octanol–water partition coefficient (Wildman–Crippen LogP) is 4.19. The largest absolute Gasteiger partial charge is 0.478 e. The van der Waals surface area contributed by atoms with Gasteiger partial charge in [0.25, 0.3) is 5.91 Å². The molecule has 0 radical (unpaired) electrons. The minimum absolute atomic E-state index is 0.105. The number of carbonyl (C=O) groups is 1. The summed E-state index contributed by atoms with van der Waals surface area (Å²) in [6.07, 6.45) is 0.640. The molecular formula is C28H30ClN3O4S. The third-order valence-electron chi connectivity index (χ3n) is 6.95. The molecular weight excluding hydrogens is 510 g/mol. The molecule has 3 aromatic rings. The Bertz CT molecular complexity index is 1310. The van der Waals surface area contributed by atoms with E-state index in [4.69, 9.17) is 16.3 Å². The maximum Gasteiger partial charge on any atom is 0.263 e. The Balaban J connectivity index is 1.31. The number of anilines is 1. The lowest BCUT2D eigenvalue weighted by molar-refractivity contribution is -0.140. The van der Waals surface area contributed by atoms with Crippen LogP contribution < -0.4 is 9.04 Å². The second-order valence-corrected chi connectivity index (χ2v) is 11.8. The summed E-state index contributed by atoms with van der Waals surface area (Å²) in [6.45, 7) is 2.71. The molecule has 0 aromatic heterocycles. The van der Waals surface area contributed by atoms with E-state index in [1.807, 2.05) is 17.0 Å². The number of halogens is 1. The van der Waals surface area contributed by atoms with E-state index in [9.17, 15) is 13.2 Å². The molecule has 2 heterocycles. The number of hydrogen-bond donors (Lipinski definition) is 0. The number of benzene rings is 3. The molecule has 0 saturated carbocycles. The fourth-order valence-electron chi connectivity index (χ4n) is 5.16. The van der Waals surface area contributed by atoms with Gasteiger partial charge < -0.3 is 9.64 Å². The summed E-state index contributed by atoms with van der Waals surface area (Å²) in [5, 5.41) is 0.406. The van der Waals surface area contributed by atoms with E-state index in [2.05, 4.69) is 53.4 Å². The fourth-order valence-corrected chi connectivity index (χ4v) is 6.26. The van der Waals surface area contributed by atoms with E-state index >= 15 is 0 Å². The maximum atomic E-state index is 13.5. The second kappa shape index (κ2) is 10.7. The number of amides is 1. The Morgan fingerprint density at radius 2 is 1.49 bits per heavy atom. The molecule has 1 fully saturated rings. The normalized spacial score (nSPS) is 18.7. The molecule has 1 atom stereocenters.